The summed E-state index contributed by atoms with van der Waals surface area (Å²) in [4.78, 5) is 0. The van der Waals surface area contributed by atoms with Crippen LogP contribution in [0.15, 0.2) is 236 Å². The maximum absolute atomic E-state index is 2.46. The quantitative estimate of drug-likeness (QED) is 0.168. The van der Waals surface area contributed by atoms with Crippen LogP contribution in [0.25, 0.3) is 60.9 Å². The Morgan fingerprint density at radius 2 is 0.984 bits per heavy atom. The molecule has 0 saturated carbocycles. The number of fused-ring (bicyclic) bond motifs is 19. The highest BCUT2D eigenvalue weighted by Crippen LogP contribution is 2.69. The molecule has 9 aromatic carbocycles. The third-order valence-electron chi connectivity index (χ3n) is 15.1. The third-order valence-corrected chi connectivity index (χ3v) is 15.1. The van der Waals surface area contributed by atoms with Crippen molar-refractivity contribution in [1.82, 2.24) is 4.57 Å². The highest BCUT2D eigenvalue weighted by atomic mass is 15.0. The zero-order valence-corrected chi connectivity index (χ0v) is 34.7. The van der Waals surface area contributed by atoms with Crippen LogP contribution in [0.1, 0.15) is 56.8 Å². The average Bonchev–Trinajstić information content (AvgIpc) is 3.96. The van der Waals surface area contributed by atoms with Gasteiger partial charge in [0.1, 0.15) is 0 Å². The molecule has 294 valence electrons. The van der Waals surface area contributed by atoms with Crippen LogP contribution in [-0.4, -0.2) is 4.57 Å². The Hall–Kier alpha value is -7.74. The number of hydrogen-bond donors (Lipinski definition) is 0. The standard InChI is InChI=1S/C62H41N/c1-2-20-43(21-3-1)63-58-35-15-7-25-48(58)50-39-41(36-37-59(50)63)40-18-16-19-42(38-40)44-26-17-27-49-47-24-6-10-30-53(47)62(60(44)49)56-33-13-11-31-54(56)61(55-32-12-14-34-57(55)62)51-28-8-4-22-45(51)46-23-5-9-29-52(46)61/h1-22,24-39,46H,23H2. The molecule has 0 amide bonds. The fourth-order valence-corrected chi connectivity index (χ4v) is 12.8. The molecule has 1 unspecified atom stereocenters. The van der Waals surface area contributed by atoms with E-state index in [1.807, 2.05) is 0 Å². The highest BCUT2D eigenvalue weighted by Gasteiger charge is 2.60. The number of nitrogens with zero attached hydrogens (tertiary/aromatic N) is 1. The lowest BCUT2D eigenvalue weighted by molar-refractivity contribution is 0.609. The zero-order valence-electron chi connectivity index (χ0n) is 34.7. The van der Waals surface area contributed by atoms with Crippen molar-refractivity contribution in [3.63, 3.8) is 0 Å². The van der Waals surface area contributed by atoms with Crippen LogP contribution in [0.2, 0.25) is 0 Å². The minimum atomic E-state index is -0.548. The van der Waals surface area contributed by atoms with Gasteiger partial charge in [0.05, 0.1) is 21.9 Å². The molecule has 1 heterocycles. The first-order valence-corrected chi connectivity index (χ1v) is 22.4. The second-order valence-electron chi connectivity index (χ2n) is 17.8. The van der Waals surface area contributed by atoms with E-state index in [0.717, 1.165) is 6.42 Å². The van der Waals surface area contributed by atoms with E-state index in [9.17, 15) is 0 Å². The molecule has 14 rings (SSSR count). The smallest absolute Gasteiger partial charge is 0.0726 e. The first-order valence-electron chi connectivity index (χ1n) is 22.4. The van der Waals surface area contributed by atoms with E-state index >= 15 is 0 Å². The van der Waals surface area contributed by atoms with Crippen molar-refractivity contribution in [2.45, 2.75) is 23.2 Å². The molecule has 4 aliphatic carbocycles. The van der Waals surface area contributed by atoms with Gasteiger partial charge in [-0.25, -0.2) is 0 Å². The first-order chi connectivity index (χ1) is 31.3. The number of benzene rings is 9. The van der Waals surface area contributed by atoms with Crippen molar-refractivity contribution < 1.29 is 0 Å². The minimum Gasteiger partial charge on any atom is -0.309 e. The van der Waals surface area contributed by atoms with E-state index in [1.165, 1.54) is 111 Å². The lowest BCUT2D eigenvalue weighted by Gasteiger charge is -2.49. The largest absolute Gasteiger partial charge is 0.309 e. The van der Waals surface area contributed by atoms with Crippen LogP contribution in [-0.2, 0) is 10.8 Å². The fourth-order valence-electron chi connectivity index (χ4n) is 12.8. The molecule has 63 heavy (non-hydrogen) atoms. The summed E-state index contributed by atoms with van der Waals surface area (Å²) in [6.07, 6.45) is 8.13. The summed E-state index contributed by atoms with van der Waals surface area (Å²) in [5, 5.41) is 2.52. The van der Waals surface area contributed by atoms with Crippen LogP contribution < -0.4 is 0 Å². The Morgan fingerprint density at radius 1 is 0.397 bits per heavy atom. The van der Waals surface area contributed by atoms with Gasteiger partial charge in [-0.3, -0.25) is 0 Å². The average molecular weight is 800 g/mol. The highest BCUT2D eigenvalue weighted by molar-refractivity contribution is 6.10. The fraction of sp³-hybridized carbons (Fsp3) is 0.0645. The Morgan fingerprint density at radius 3 is 1.79 bits per heavy atom. The van der Waals surface area contributed by atoms with Gasteiger partial charge in [0.2, 0.25) is 0 Å². The van der Waals surface area contributed by atoms with Gasteiger partial charge in [-0.05, 0) is 126 Å². The number of rotatable bonds is 3. The van der Waals surface area contributed by atoms with Gasteiger partial charge in [0.15, 0.2) is 0 Å². The molecular weight excluding hydrogens is 759 g/mol. The summed E-state index contributed by atoms with van der Waals surface area (Å²) in [6.45, 7) is 0. The predicted molar refractivity (Wildman–Crippen MR) is 260 cm³/mol. The third kappa shape index (κ3) is 4.41. The lowest BCUT2D eigenvalue weighted by Crippen LogP contribution is -2.44. The summed E-state index contributed by atoms with van der Waals surface area (Å²) in [6, 6.07) is 80.4. The normalized spacial score (nSPS) is 19.7. The van der Waals surface area contributed by atoms with Gasteiger partial charge in [0, 0.05) is 22.4 Å². The van der Waals surface area contributed by atoms with Gasteiger partial charge in [-0.2, -0.15) is 0 Å². The summed E-state index contributed by atoms with van der Waals surface area (Å²) < 4.78 is 2.39. The van der Waals surface area contributed by atoms with Gasteiger partial charge in [0.25, 0.3) is 0 Å². The summed E-state index contributed by atoms with van der Waals surface area (Å²) >= 11 is 0. The Bertz CT molecular complexity index is 3570. The van der Waals surface area contributed by atoms with Crippen molar-refractivity contribution in [1.29, 1.82) is 0 Å². The maximum atomic E-state index is 2.46. The number of para-hydroxylation sites is 2. The molecule has 0 saturated heterocycles. The SMILES string of the molecule is C1=CCC2C(=C1)C1(c3ccccc32)c2ccccc2C2(c3ccccc3-c3cccc(-c4cccc(-c5ccc6c(c5)c5ccccc5n6-c5ccccc5)c4)c32)c2ccccc21. The summed E-state index contributed by atoms with van der Waals surface area (Å²) in [7, 11) is 0. The van der Waals surface area contributed by atoms with Crippen molar-refractivity contribution >= 4 is 21.8 Å². The van der Waals surface area contributed by atoms with Crippen molar-refractivity contribution in [3.8, 4) is 39.1 Å². The van der Waals surface area contributed by atoms with Crippen LogP contribution in [0.4, 0.5) is 0 Å². The van der Waals surface area contributed by atoms with Crippen molar-refractivity contribution in [3.05, 3.63) is 281 Å². The van der Waals surface area contributed by atoms with Gasteiger partial charge in [-0.15, -0.1) is 0 Å². The predicted octanol–water partition coefficient (Wildman–Crippen LogP) is 15.1. The molecule has 0 fully saturated rings. The Balaban J connectivity index is 1.02. The van der Waals surface area contributed by atoms with Crippen LogP contribution in [0.3, 0.4) is 0 Å². The molecule has 1 atom stereocenters. The summed E-state index contributed by atoms with van der Waals surface area (Å²) in [5.41, 5.74) is 22.9. The lowest BCUT2D eigenvalue weighted by atomic mass is 9.51. The van der Waals surface area contributed by atoms with Crippen LogP contribution in [0.5, 0.6) is 0 Å². The monoisotopic (exact) mass is 799 g/mol. The second kappa shape index (κ2) is 12.9. The molecule has 4 aliphatic rings. The van der Waals surface area contributed by atoms with Gasteiger partial charge >= 0.3 is 0 Å². The van der Waals surface area contributed by atoms with Crippen LogP contribution >= 0.6 is 0 Å². The van der Waals surface area contributed by atoms with E-state index in [1.54, 1.807) is 0 Å². The molecule has 0 radical (unpaired) electrons. The molecule has 0 aliphatic heterocycles. The van der Waals surface area contributed by atoms with Crippen LogP contribution in [0, 0.1) is 0 Å². The molecule has 10 aromatic rings. The number of aromatic nitrogens is 1. The maximum Gasteiger partial charge on any atom is 0.0726 e. The van der Waals surface area contributed by atoms with Crippen molar-refractivity contribution in [2.75, 3.05) is 0 Å². The minimum absolute atomic E-state index is 0.344. The van der Waals surface area contributed by atoms with E-state index in [0.29, 0.717) is 5.92 Å². The number of hydrogen-bond acceptors (Lipinski definition) is 0. The van der Waals surface area contributed by atoms with Crippen molar-refractivity contribution in [2.24, 2.45) is 0 Å². The summed E-state index contributed by atoms with van der Waals surface area (Å²) in [5.74, 6) is 0.344. The van der Waals surface area contributed by atoms with E-state index < -0.39 is 10.8 Å². The van der Waals surface area contributed by atoms with E-state index in [4.69, 9.17) is 0 Å². The topological polar surface area (TPSA) is 4.93 Å². The Labute approximate surface area is 367 Å². The molecule has 1 nitrogen and oxygen atoms in total. The molecular formula is C62H41N. The van der Waals surface area contributed by atoms with Gasteiger partial charge in [-0.1, -0.05) is 194 Å². The van der Waals surface area contributed by atoms with E-state index in [-0.39, 0.29) is 0 Å². The molecule has 1 heteroatoms. The molecule has 0 bridgehead atoms. The van der Waals surface area contributed by atoms with Gasteiger partial charge < -0.3 is 4.57 Å². The molecule has 1 aromatic heterocycles. The zero-order chi connectivity index (χ0) is 41.3. The molecule has 2 spiro atoms. The number of allylic oxidation sites excluding steroid dienone is 4. The Kier molecular flexibility index (Phi) is 7.15. The molecule has 0 N–H and O–H groups in total. The van der Waals surface area contributed by atoms with E-state index in [2.05, 4.69) is 235 Å². The second-order valence-corrected chi connectivity index (χ2v) is 17.8. The first kappa shape index (κ1) is 34.9.